The molecule has 0 fully saturated rings. The van der Waals surface area contributed by atoms with Gasteiger partial charge in [-0.1, -0.05) is 57.5 Å². The molecule has 0 aliphatic heterocycles. The third-order valence-electron chi connectivity index (χ3n) is 3.86. The second-order valence-corrected chi connectivity index (χ2v) is 6.15. The van der Waals surface area contributed by atoms with Gasteiger partial charge >= 0.3 is 0 Å². The minimum atomic E-state index is 0.534. The molecule has 0 amide bonds. The fourth-order valence-electron chi connectivity index (χ4n) is 2.85. The maximum atomic E-state index is 5.35. The SMILES string of the molecule is CCO/N=C1\c2ccccc2-c2[nH]nc(-c3ccc(Br)cc3)c21. The molecule has 0 atom stereocenters. The number of nitrogens with one attached hydrogen (secondary N) is 1. The molecule has 2 aromatic carbocycles. The predicted molar refractivity (Wildman–Crippen MR) is 94.4 cm³/mol. The summed E-state index contributed by atoms with van der Waals surface area (Å²) in [6.07, 6.45) is 0. The van der Waals surface area contributed by atoms with Crippen molar-refractivity contribution in [2.45, 2.75) is 6.92 Å². The van der Waals surface area contributed by atoms with Crippen molar-refractivity contribution in [3.8, 4) is 22.5 Å². The maximum Gasteiger partial charge on any atom is 0.122 e. The number of rotatable bonds is 3. The van der Waals surface area contributed by atoms with Gasteiger partial charge < -0.3 is 4.84 Å². The molecule has 23 heavy (non-hydrogen) atoms. The van der Waals surface area contributed by atoms with Gasteiger partial charge in [0.15, 0.2) is 0 Å². The first-order valence-electron chi connectivity index (χ1n) is 7.44. The van der Waals surface area contributed by atoms with Crippen LogP contribution in [-0.4, -0.2) is 22.5 Å². The Balaban J connectivity index is 1.93. The summed E-state index contributed by atoms with van der Waals surface area (Å²) < 4.78 is 1.04. The zero-order chi connectivity index (χ0) is 15.8. The highest BCUT2D eigenvalue weighted by atomic mass is 79.9. The number of nitrogens with zero attached hydrogens (tertiary/aromatic N) is 2. The molecule has 1 aliphatic carbocycles. The van der Waals surface area contributed by atoms with Gasteiger partial charge in [0.1, 0.15) is 18.0 Å². The summed E-state index contributed by atoms with van der Waals surface area (Å²) in [5.41, 5.74) is 6.95. The molecule has 0 bridgehead atoms. The third kappa shape index (κ3) is 2.28. The minimum absolute atomic E-state index is 0.534. The fourth-order valence-corrected chi connectivity index (χ4v) is 3.11. The van der Waals surface area contributed by atoms with E-state index < -0.39 is 0 Å². The molecule has 0 unspecified atom stereocenters. The van der Waals surface area contributed by atoms with Crippen LogP contribution in [0.3, 0.4) is 0 Å². The van der Waals surface area contributed by atoms with Crippen LogP contribution in [0, 0.1) is 0 Å². The Bertz CT molecular complexity index is 897. The summed E-state index contributed by atoms with van der Waals surface area (Å²) >= 11 is 3.47. The van der Waals surface area contributed by atoms with Crippen LogP contribution in [0.2, 0.25) is 0 Å². The highest BCUT2D eigenvalue weighted by Gasteiger charge is 2.31. The van der Waals surface area contributed by atoms with Gasteiger partial charge in [-0.05, 0) is 19.1 Å². The summed E-state index contributed by atoms with van der Waals surface area (Å²) in [7, 11) is 0. The number of aromatic amines is 1. The van der Waals surface area contributed by atoms with Crippen molar-refractivity contribution in [1.82, 2.24) is 10.2 Å². The molecule has 1 aliphatic rings. The highest BCUT2D eigenvalue weighted by molar-refractivity contribution is 9.10. The van der Waals surface area contributed by atoms with Crippen LogP contribution in [0.1, 0.15) is 18.1 Å². The average Bonchev–Trinajstić information content (AvgIpc) is 3.13. The number of oxime groups is 1. The Morgan fingerprint density at radius 2 is 1.83 bits per heavy atom. The lowest BCUT2D eigenvalue weighted by Gasteiger charge is -2.04. The van der Waals surface area contributed by atoms with E-state index in [0.29, 0.717) is 6.61 Å². The summed E-state index contributed by atoms with van der Waals surface area (Å²) in [4.78, 5) is 5.35. The van der Waals surface area contributed by atoms with Gasteiger partial charge in [0.25, 0.3) is 0 Å². The third-order valence-corrected chi connectivity index (χ3v) is 4.39. The zero-order valence-electron chi connectivity index (χ0n) is 12.5. The van der Waals surface area contributed by atoms with E-state index in [1.165, 1.54) is 0 Å². The van der Waals surface area contributed by atoms with Gasteiger partial charge in [-0.2, -0.15) is 5.10 Å². The number of hydrogen-bond donors (Lipinski definition) is 1. The van der Waals surface area contributed by atoms with E-state index in [0.717, 1.165) is 43.8 Å². The number of fused-ring (bicyclic) bond motifs is 3. The molecule has 0 spiro atoms. The Hall–Kier alpha value is -2.40. The normalized spacial score (nSPS) is 13.9. The molecule has 114 valence electrons. The van der Waals surface area contributed by atoms with Crippen LogP contribution in [0.4, 0.5) is 0 Å². The topological polar surface area (TPSA) is 50.3 Å². The van der Waals surface area contributed by atoms with Crippen LogP contribution in [0.15, 0.2) is 58.2 Å². The molecule has 0 radical (unpaired) electrons. The van der Waals surface area contributed by atoms with E-state index in [9.17, 15) is 0 Å². The number of hydrogen-bond acceptors (Lipinski definition) is 3. The van der Waals surface area contributed by atoms with Crippen LogP contribution in [0.5, 0.6) is 0 Å². The molecule has 1 aromatic heterocycles. The van der Waals surface area contributed by atoms with E-state index in [4.69, 9.17) is 4.84 Å². The number of halogens is 1. The second-order valence-electron chi connectivity index (χ2n) is 5.23. The molecule has 5 heteroatoms. The van der Waals surface area contributed by atoms with Crippen LogP contribution in [0.25, 0.3) is 22.5 Å². The van der Waals surface area contributed by atoms with Crippen LogP contribution >= 0.6 is 15.9 Å². The molecule has 0 saturated heterocycles. The molecule has 3 aromatic rings. The molecule has 4 nitrogen and oxygen atoms in total. The van der Waals surface area contributed by atoms with Gasteiger partial charge in [-0.25, -0.2) is 0 Å². The monoisotopic (exact) mass is 367 g/mol. The van der Waals surface area contributed by atoms with E-state index in [-0.39, 0.29) is 0 Å². The average molecular weight is 368 g/mol. The van der Waals surface area contributed by atoms with Crippen molar-refractivity contribution in [3.05, 3.63) is 64.1 Å². The van der Waals surface area contributed by atoms with E-state index in [1.54, 1.807) is 0 Å². The van der Waals surface area contributed by atoms with Crippen LogP contribution in [-0.2, 0) is 4.84 Å². The van der Waals surface area contributed by atoms with Crippen molar-refractivity contribution in [1.29, 1.82) is 0 Å². The van der Waals surface area contributed by atoms with E-state index in [1.807, 2.05) is 43.3 Å². The largest absolute Gasteiger partial charge is 0.396 e. The Morgan fingerprint density at radius 3 is 2.57 bits per heavy atom. The van der Waals surface area contributed by atoms with Crippen molar-refractivity contribution in [2.75, 3.05) is 6.61 Å². The fraction of sp³-hybridized carbons (Fsp3) is 0.111. The first-order valence-corrected chi connectivity index (χ1v) is 8.23. The predicted octanol–water partition coefficient (Wildman–Crippen LogP) is 4.61. The van der Waals surface area contributed by atoms with Crippen molar-refractivity contribution < 1.29 is 4.84 Å². The zero-order valence-corrected chi connectivity index (χ0v) is 14.1. The second kappa shape index (κ2) is 5.66. The minimum Gasteiger partial charge on any atom is -0.396 e. The Labute approximate surface area is 142 Å². The summed E-state index contributed by atoms with van der Waals surface area (Å²) in [5, 5.41) is 12.0. The van der Waals surface area contributed by atoms with Crippen molar-refractivity contribution in [3.63, 3.8) is 0 Å². The quantitative estimate of drug-likeness (QED) is 0.537. The number of benzene rings is 2. The van der Waals surface area contributed by atoms with E-state index in [2.05, 4.69) is 43.4 Å². The first-order chi connectivity index (χ1) is 11.3. The lowest BCUT2D eigenvalue weighted by Crippen LogP contribution is -2.01. The molecule has 1 heterocycles. The lowest BCUT2D eigenvalue weighted by atomic mass is 10.0. The Morgan fingerprint density at radius 1 is 1.09 bits per heavy atom. The molecular formula is C18H14BrN3O. The molecular weight excluding hydrogens is 354 g/mol. The van der Waals surface area contributed by atoms with Gasteiger partial charge in [0.2, 0.25) is 0 Å². The lowest BCUT2D eigenvalue weighted by molar-refractivity contribution is 0.159. The van der Waals surface area contributed by atoms with Gasteiger partial charge in [0, 0.05) is 21.2 Å². The van der Waals surface area contributed by atoms with Gasteiger partial charge in [-0.15, -0.1) is 0 Å². The smallest absolute Gasteiger partial charge is 0.122 e. The molecule has 0 saturated carbocycles. The maximum absolute atomic E-state index is 5.35. The first kappa shape index (κ1) is 14.2. The molecule has 1 N–H and O–H groups in total. The van der Waals surface area contributed by atoms with Crippen molar-refractivity contribution in [2.24, 2.45) is 5.16 Å². The standard InChI is InChI=1S/C18H14BrN3O/c1-2-23-22-18-14-6-4-3-5-13(14)17-15(18)16(20-21-17)11-7-9-12(19)10-8-11/h3-10H,2H2,1H3,(H,20,21)/b22-18+. The highest BCUT2D eigenvalue weighted by Crippen LogP contribution is 2.40. The molecule has 4 rings (SSSR count). The summed E-state index contributed by atoms with van der Waals surface area (Å²) in [6, 6.07) is 16.3. The number of aromatic nitrogens is 2. The van der Waals surface area contributed by atoms with E-state index >= 15 is 0 Å². The summed E-state index contributed by atoms with van der Waals surface area (Å²) in [5.74, 6) is 0. The van der Waals surface area contributed by atoms with Crippen LogP contribution < -0.4 is 0 Å². The summed E-state index contributed by atoms with van der Waals surface area (Å²) in [6.45, 7) is 2.46. The Kier molecular flexibility index (Phi) is 3.50. The van der Waals surface area contributed by atoms with Crippen molar-refractivity contribution >= 4 is 21.6 Å². The van der Waals surface area contributed by atoms with Gasteiger partial charge in [0.05, 0.1) is 11.3 Å². The number of H-pyrrole nitrogens is 1. The van der Waals surface area contributed by atoms with Gasteiger partial charge in [-0.3, -0.25) is 5.10 Å².